The number of carbonyl (C=O) groups is 8. The number of carboxylic acid groups (broad SMARTS) is 2. The van der Waals surface area contributed by atoms with E-state index in [0.717, 1.165) is 12.1 Å². The molecule has 0 saturated heterocycles. The van der Waals surface area contributed by atoms with Crippen LogP contribution in [0.5, 0.6) is 0 Å². The molecular formula is C35H45N7O13. The molecule has 0 aliphatic carbocycles. The van der Waals surface area contributed by atoms with Gasteiger partial charge in [-0.15, -0.1) is 0 Å². The van der Waals surface area contributed by atoms with Crippen LogP contribution in [0.1, 0.15) is 53.0 Å². The number of nitrogens with zero attached hydrogens (tertiary/aromatic N) is 1. The van der Waals surface area contributed by atoms with Gasteiger partial charge in [0.1, 0.15) is 36.8 Å². The summed E-state index contributed by atoms with van der Waals surface area (Å²) in [6.07, 6.45) is -2.71. The number of non-ortho nitro benzene ring substituents is 1. The highest BCUT2D eigenvalue weighted by molar-refractivity contribution is 6.01. The van der Waals surface area contributed by atoms with Crippen molar-refractivity contribution in [2.45, 2.75) is 84.3 Å². The van der Waals surface area contributed by atoms with Gasteiger partial charge in [0, 0.05) is 17.8 Å². The van der Waals surface area contributed by atoms with Gasteiger partial charge in [0.15, 0.2) is 0 Å². The first-order chi connectivity index (χ1) is 25.8. The maximum atomic E-state index is 13.4. The van der Waals surface area contributed by atoms with Crippen LogP contribution < -0.4 is 31.9 Å². The molecule has 20 heteroatoms. The number of rotatable bonds is 20. The van der Waals surface area contributed by atoms with Crippen LogP contribution in [-0.4, -0.2) is 92.9 Å². The number of nitro benzene ring substituents is 1. The molecule has 6 amide bonds. The second kappa shape index (κ2) is 21.2. The molecule has 0 spiro atoms. The van der Waals surface area contributed by atoms with Crippen LogP contribution in [0.15, 0.2) is 54.6 Å². The fraction of sp³-hybridized carbons (Fsp3) is 0.429. The molecule has 0 radical (unpaired) electrons. The fourth-order valence-electron chi connectivity index (χ4n) is 4.81. The lowest BCUT2D eigenvalue weighted by molar-refractivity contribution is -0.384. The van der Waals surface area contributed by atoms with E-state index in [9.17, 15) is 58.7 Å². The van der Waals surface area contributed by atoms with Gasteiger partial charge in [0.2, 0.25) is 29.5 Å². The first-order valence-electron chi connectivity index (χ1n) is 17.0. The highest BCUT2D eigenvalue weighted by Gasteiger charge is 2.34. The van der Waals surface area contributed by atoms with Gasteiger partial charge in [0.25, 0.3) is 5.69 Å². The molecule has 0 bridgehead atoms. The van der Waals surface area contributed by atoms with Gasteiger partial charge in [-0.25, -0.2) is 4.79 Å². The molecular weight excluding hydrogens is 726 g/mol. The van der Waals surface area contributed by atoms with Gasteiger partial charge in [-0.2, -0.15) is 0 Å². The summed E-state index contributed by atoms with van der Waals surface area (Å²) >= 11 is 0. The maximum Gasteiger partial charge on any atom is 0.408 e. The van der Waals surface area contributed by atoms with Gasteiger partial charge < -0.3 is 46.9 Å². The van der Waals surface area contributed by atoms with E-state index < -0.39 is 107 Å². The quantitative estimate of drug-likeness (QED) is 0.0691. The van der Waals surface area contributed by atoms with Crippen LogP contribution in [-0.2, 0) is 44.9 Å². The first-order valence-corrected chi connectivity index (χ1v) is 17.0. The van der Waals surface area contributed by atoms with Crippen molar-refractivity contribution in [2.24, 2.45) is 11.8 Å². The third-order valence-electron chi connectivity index (χ3n) is 7.80. The van der Waals surface area contributed by atoms with Crippen LogP contribution in [0, 0.1) is 22.0 Å². The Morgan fingerprint density at radius 2 is 1.13 bits per heavy atom. The predicted molar refractivity (Wildman–Crippen MR) is 193 cm³/mol. The molecule has 0 saturated carbocycles. The number of amides is 6. The molecule has 2 rings (SSSR count). The topological polar surface area (TPSA) is 302 Å². The number of aliphatic carboxylic acids is 2. The van der Waals surface area contributed by atoms with Crippen LogP contribution in [0.4, 0.5) is 16.2 Å². The smallest absolute Gasteiger partial charge is 0.408 e. The summed E-state index contributed by atoms with van der Waals surface area (Å²) in [6, 6.07) is 5.94. The normalized spacial score (nSPS) is 13.5. The number of ether oxygens (including phenoxy) is 1. The lowest BCUT2D eigenvalue weighted by Gasteiger charge is -2.28. The number of benzene rings is 2. The molecule has 298 valence electrons. The predicted octanol–water partition coefficient (Wildman–Crippen LogP) is 1.05. The minimum Gasteiger partial charge on any atom is -0.481 e. The average Bonchev–Trinajstić information content (AvgIpc) is 3.11. The average molecular weight is 772 g/mol. The number of carbonyl (C=O) groups excluding carboxylic acids is 6. The van der Waals surface area contributed by atoms with Crippen LogP contribution in [0.25, 0.3) is 0 Å². The Morgan fingerprint density at radius 1 is 0.636 bits per heavy atom. The summed E-state index contributed by atoms with van der Waals surface area (Å²) in [7, 11) is 0. The molecule has 5 unspecified atom stereocenters. The van der Waals surface area contributed by atoms with Crippen LogP contribution >= 0.6 is 0 Å². The number of hydrogen-bond donors (Lipinski definition) is 8. The molecule has 0 heterocycles. The molecule has 8 N–H and O–H groups in total. The highest BCUT2D eigenvalue weighted by atomic mass is 16.6. The Kier molecular flexibility index (Phi) is 17.2. The second-order valence-corrected chi connectivity index (χ2v) is 13.0. The van der Waals surface area contributed by atoms with Gasteiger partial charge in [-0.3, -0.25) is 43.7 Å². The van der Waals surface area contributed by atoms with Crippen molar-refractivity contribution in [2.75, 3.05) is 5.32 Å². The lowest BCUT2D eigenvalue weighted by atomic mass is 10.0. The molecule has 55 heavy (non-hydrogen) atoms. The van der Waals surface area contributed by atoms with Crippen molar-refractivity contribution in [3.8, 4) is 0 Å². The summed E-state index contributed by atoms with van der Waals surface area (Å²) in [6.45, 7) is 7.39. The van der Waals surface area contributed by atoms with E-state index in [0.29, 0.717) is 5.56 Å². The first kappa shape index (κ1) is 44.6. The van der Waals surface area contributed by atoms with E-state index in [2.05, 4.69) is 31.9 Å². The van der Waals surface area contributed by atoms with E-state index in [1.165, 1.54) is 32.9 Å². The number of nitrogens with one attached hydrogen (secondary N) is 6. The van der Waals surface area contributed by atoms with Gasteiger partial charge in [-0.05, 0) is 36.5 Å². The third-order valence-corrected chi connectivity index (χ3v) is 7.80. The Morgan fingerprint density at radius 3 is 1.64 bits per heavy atom. The molecule has 5 atom stereocenters. The Hall–Kier alpha value is -6.60. The second-order valence-electron chi connectivity index (χ2n) is 13.0. The van der Waals surface area contributed by atoms with E-state index in [-0.39, 0.29) is 18.0 Å². The molecule has 0 aromatic heterocycles. The van der Waals surface area contributed by atoms with Crippen molar-refractivity contribution < 1.29 is 58.2 Å². The zero-order chi connectivity index (χ0) is 41.4. The summed E-state index contributed by atoms with van der Waals surface area (Å²) in [5, 5.41) is 43.7. The summed E-state index contributed by atoms with van der Waals surface area (Å²) in [5.41, 5.74) is 0.501. The van der Waals surface area contributed by atoms with Crippen LogP contribution in [0.3, 0.4) is 0 Å². The summed E-state index contributed by atoms with van der Waals surface area (Å²) in [5.74, 6) is -8.97. The monoisotopic (exact) mass is 771 g/mol. The van der Waals surface area contributed by atoms with E-state index in [1.807, 2.05) is 0 Å². The summed E-state index contributed by atoms with van der Waals surface area (Å²) in [4.78, 5) is 112. The Labute approximate surface area is 315 Å². The molecule has 0 aliphatic rings. The zero-order valence-corrected chi connectivity index (χ0v) is 30.7. The van der Waals surface area contributed by atoms with Crippen molar-refractivity contribution in [1.29, 1.82) is 0 Å². The molecule has 0 fully saturated rings. The minimum absolute atomic E-state index is 0.0758. The van der Waals surface area contributed by atoms with Crippen molar-refractivity contribution in [3.05, 3.63) is 70.3 Å². The largest absolute Gasteiger partial charge is 0.481 e. The van der Waals surface area contributed by atoms with Crippen molar-refractivity contribution in [1.82, 2.24) is 26.6 Å². The lowest BCUT2D eigenvalue weighted by Crippen LogP contribution is -2.60. The number of nitro groups is 1. The van der Waals surface area contributed by atoms with Gasteiger partial charge in [-0.1, -0.05) is 58.0 Å². The molecule has 0 aliphatic heterocycles. The highest BCUT2D eigenvalue weighted by Crippen LogP contribution is 2.16. The fourth-order valence-corrected chi connectivity index (χ4v) is 4.81. The van der Waals surface area contributed by atoms with E-state index in [4.69, 9.17) is 4.74 Å². The minimum atomic E-state index is -1.71. The summed E-state index contributed by atoms with van der Waals surface area (Å²) < 4.78 is 5.17. The number of anilines is 1. The van der Waals surface area contributed by atoms with E-state index in [1.54, 1.807) is 44.2 Å². The van der Waals surface area contributed by atoms with Crippen LogP contribution in [0.2, 0.25) is 0 Å². The number of hydrogen-bond acceptors (Lipinski definition) is 11. The zero-order valence-electron chi connectivity index (χ0n) is 30.7. The Balaban J connectivity index is 2.10. The SMILES string of the molecule is CC(NC(=O)C(NC(=O)C(CC(=O)O)NC(=O)C(NC(=O)OCc1ccccc1)C(C)C)C(C)C)C(=O)NC(CC(=O)O)C(=O)Nc1ccc([N+](=O)[O-])cc1. The van der Waals surface area contributed by atoms with Gasteiger partial charge in [0.05, 0.1) is 17.8 Å². The van der Waals surface area contributed by atoms with Gasteiger partial charge >= 0.3 is 18.0 Å². The molecule has 2 aromatic rings. The number of carboxylic acids is 2. The van der Waals surface area contributed by atoms with Crippen molar-refractivity contribution >= 4 is 58.9 Å². The molecule has 2 aromatic carbocycles. The Bertz CT molecular complexity index is 1720. The maximum absolute atomic E-state index is 13.4. The van der Waals surface area contributed by atoms with E-state index >= 15 is 0 Å². The standard InChI is InChI=1S/C35H45N7O13/c1-18(2)28(33(50)36-20(5)30(47)38-24(15-26(43)44)31(48)37-22-11-13-23(14-12-22)42(53)54)40-32(49)25(16-27(45)46)39-34(51)29(19(3)4)41-35(52)55-17-21-9-7-6-8-10-21/h6-14,18-20,24-25,28-29H,15-17H2,1-5H3,(H,36,50)(H,37,48)(H,38,47)(H,39,51)(H,40,49)(H,41,52)(H,43,44)(H,45,46). The molecule has 20 nitrogen and oxygen atoms in total. The third kappa shape index (κ3) is 15.1. The number of alkyl carbamates (subject to hydrolysis) is 1. The van der Waals surface area contributed by atoms with Crippen molar-refractivity contribution in [3.63, 3.8) is 0 Å².